The Kier molecular flexibility index (Phi) is 5.17. The minimum absolute atomic E-state index is 0.0206. The lowest BCUT2D eigenvalue weighted by molar-refractivity contribution is 0.301. The van der Waals surface area contributed by atoms with Gasteiger partial charge in [0.15, 0.2) is 0 Å². The van der Waals surface area contributed by atoms with E-state index in [1.54, 1.807) is 19.1 Å². The van der Waals surface area contributed by atoms with Crippen molar-refractivity contribution < 1.29 is 13.5 Å². The maximum Gasteiger partial charge on any atom is 0.251 e. The zero-order valence-electron chi connectivity index (χ0n) is 12.3. The van der Waals surface area contributed by atoms with Gasteiger partial charge >= 0.3 is 0 Å². The molecule has 22 heavy (non-hydrogen) atoms. The third-order valence-electron chi connectivity index (χ3n) is 3.21. The second-order valence-corrected chi connectivity index (χ2v) is 7.83. The molecule has 2 heterocycles. The lowest BCUT2D eigenvalue weighted by Crippen LogP contribution is -2.25. The SMILES string of the molecule is CCc1cc(-c2ccc(S(=O)(=O)NCCO)s2)c(C)[nH]c1=O. The van der Waals surface area contributed by atoms with Crippen LogP contribution < -0.4 is 10.3 Å². The van der Waals surface area contributed by atoms with Gasteiger partial charge in [0.1, 0.15) is 4.21 Å². The van der Waals surface area contributed by atoms with Gasteiger partial charge in [0, 0.05) is 28.2 Å². The number of aliphatic hydroxyl groups excluding tert-OH is 1. The van der Waals surface area contributed by atoms with Gasteiger partial charge in [0.25, 0.3) is 5.56 Å². The van der Waals surface area contributed by atoms with Crippen molar-refractivity contribution in [2.45, 2.75) is 24.5 Å². The number of H-pyrrole nitrogens is 1. The van der Waals surface area contributed by atoms with Crippen molar-refractivity contribution in [1.82, 2.24) is 9.71 Å². The fourth-order valence-electron chi connectivity index (χ4n) is 2.04. The first-order valence-electron chi connectivity index (χ1n) is 6.82. The number of nitrogens with one attached hydrogen (secondary N) is 2. The molecule has 0 aliphatic carbocycles. The van der Waals surface area contributed by atoms with Crippen molar-refractivity contribution >= 4 is 21.4 Å². The zero-order valence-corrected chi connectivity index (χ0v) is 14.0. The van der Waals surface area contributed by atoms with Crippen LogP contribution in [0.15, 0.2) is 27.2 Å². The van der Waals surface area contributed by atoms with Gasteiger partial charge in [-0.15, -0.1) is 11.3 Å². The number of aryl methyl sites for hydroxylation is 2. The third kappa shape index (κ3) is 3.46. The molecule has 0 amide bonds. The Bertz CT molecular complexity index is 822. The van der Waals surface area contributed by atoms with Crippen LogP contribution in [-0.4, -0.2) is 31.7 Å². The predicted molar refractivity (Wildman–Crippen MR) is 86.8 cm³/mol. The largest absolute Gasteiger partial charge is 0.395 e. The summed E-state index contributed by atoms with van der Waals surface area (Å²) >= 11 is 1.13. The summed E-state index contributed by atoms with van der Waals surface area (Å²) in [5.41, 5.74) is 2.08. The number of rotatable bonds is 6. The first kappa shape index (κ1) is 16.9. The molecule has 0 radical (unpaired) electrons. The first-order valence-corrected chi connectivity index (χ1v) is 9.12. The molecule has 2 rings (SSSR count). The normalized spacial score (nSPS) is 11.8. The minimum atomic E-state index is -3.61. The van der Waals surface area contributed by atoms with Crippen molar-refractivity contribution in [3.05, 3.63) is 39.8 Å². The molecule has 0 unspecified atom stereocenters. The molecule has 120 valence electrons. The van der Waals surface area contributed by atoms with Crippen LogP contribution >= 0.6 is 11.3 Å². The molecule has 0 spiro atoms. The number of pyridine rings is 1. The quantitative estimate of drug-likeness (QED) is 0.735. The topological polar surface area (TPSA) is 99.3 Å². The summed E-state index contributed by atoms with van der Waals surface area (Å²) in [5.74, 6) is 0. The molecule has 0 bridgehead atoms. The molecule has 0 aromatic carbocycles. The van der Waals surface area contributed by atoms with E-state index in [0.29, 0.717) is 17.7 Å². The number of aromatic nitrogens is 1. The number of aromatic amines is 1. The Balaban J connectivity index is 2.42. The Hall–Kier alpha value is -1.48. The molecular formula is C14H18N2O4S2. The molecule has 0 fully saturated rings. The van der Waals surface area contributed by atoms with E-state index in [-0.39, 0.29) is 22.9 Å². The van der Waals surface area contributed by atoms with Crippen molar-refractivity contribution in [2.75, 3.05) is 13.2 Å². The van der Waals surface area contributed by atoms with Crippen molar-refractivity contribution in [2.24, 2.45) is 0 Å². The molecule has 6 nitrogen and oxygen atoms in total. The summed E-state index contributed by atoms with van der Waals surface area (Å²) in [4.78, 5) is 15.3. The van der Waals surface area contributed by atoms with Crippen LogP contribution in [0, 0.1) is 6.92 Å². The number of hydrogen-bond donors (Lipinski definition) is 3. The number of thiophene rings is 1. The number of aliphatic hydroxyl groups is 1. The van der Waals surface area contributed by atoms with Gasteiger partial charge < -0.3 is 10.1 Å². The highest BCUT2D eigenvalue weighted by Gasteiger charge is 2.17. The van der Waals surface area contributed by atoms with Crippen LogP contribution in [-0.2, 0) is 16.4 Å². The average Bonchev–Trinajstić information content (AvgIpc) is 2.96. The van der Waals surface area contributed by atoms with E-state index in [1.807, 2.05) is 6.92 Å². The standard InChI is InChI=1S/C14H18N2O4S2/c1-3-10-8-11(9(2)16-14(10)18)12-4-5-13(21-12)22(19,20)15-6-7-17/h4-5,8,15,17H,3,6-7H2,1-2H3,(H,16,18). The molecule has 2 aromatic heterocycles. The van der Waals surface area contributed by atoms with Crippen LogP contribution in [0.5, 0.6) is 0 Å². The van der Waals surface area contributed by atoms with Gasteiger partial charge in [-0.05, 0) is 31.5 Å². The molecule has 0 atom stereocenters. The third-order valence-corrected chi connectivity index (χ3v) is 6.28. The summed E-state index contributed by atoms with van der Waals surface area (Å²) in [7, 11) is -3.61. The molecule has 0 saturated carbocycles. The van der Waals surface area contributed by atoms with Crippen LogP contribution in [0.25, 0.3) is 10.4 Å². The molecule has 3 N–H and O–H groups in total. The lowest BCUT2D eigenvalue weighted by Gasteiger charge is -2.06. The summed E-state index contributed by atoms with van der Waals surface area (Å²) in [6.45, 7) is 3.41. The predicted octanol–water partition coefficient (Wildman–Crippen LogP) is 1.24. The Morgan fingerprint density at radius 2 is 2.09 bits per heavy atom. The fraction of sp³-hybridized carbons (Fsp3) is 0.357. The minimum Gasteiger partial charge on any atom is -0.395 e. The van der Waals surface area contributed by atoms with E-state index in [0.717, 1.165) is 21.8 Å². The van der Waals surface area contributed by atoms with Crippen molar-refractivity contribution in [3.8, 4) is 10.4 Å². The maximum absolute atomic E-state index is 12.0. The summed E-state index contributed by atoms with van der Waals surface area (Å²) < 4.78 is 26.5. The highest BCUT2D eigenvalue weighted by Crippen LogP contribution is 2.32. The summed E-state index contributed by atoms with van der Waals surface area (Å²) in [5, 5.41) is 8.72. The van der Waals surface area contributed by atoms with Gasteiger partial charge in [-0.3, -0.25) is 4.79 Å². The molecule has 0 aliphatic rings. The Morgan fingerprint density at radius 1 is 1.36 bits per heavy atom. The van der Waals surface area contributed by atoms with Crippen molar-refractivity contribution in [3.63, 3.8) is 0 Å². The number of hydrogen-bond acceptors (Lipinski definition) is 5. The van der Waals surface area contributed by atoms with Crippen LogP contribution in [0.3, 0.4) is 0 Å². The lowest BCUT2D eigenvalue weighted by atomic mass is 10.1. The van der Waals surface area contributed by atoms with E-state index < -0.39 is 10.0 Å². The number of sulfonamides is 1. The average molecular weight is 342 g/mol. The second kappa shape index (κ2) is 6.74. The molecule has 2 aromatic rings. The molecule has 8 heteroatoms. The summed E-state index contributed by atoms with van der Waals surface area (Å²) in [6, 6.07) is 5.05. The summed E-state index contributed by atoms with van der Waals surface area (Å²) in [6.07, 6.45) is 0.608. The van der Waals surface area contributed by atoms with E-state index in [1.165, 1.54) is 6.07 Å². The van der Waals surface area contributed by atoms with Gasteiger partial charge in [-0.2, -0.15) is 0 Å². The maximum atomic E-state index is 12.0. The van der Waals surface area contributed by atoms with Gasteiger partial charge in [0.05, 0.1) is 6.61 Å². The zero-order chi connectivity index (χ0) is 16.3. The van der Waals surface area contributed by atoms with Crippen LogP contribution in [0.4, 0.5) is 0 Å². The van der Waals surface area contributed by atoms with E-state index in [4.69, 9.17) is 5.11 Å². The smallest absolute Gasteiger partial charge is 0.251 e. The van der Waals surface area contributed by atoms with Gasteiger partial charge in [-0.1, -0.05) is 6.92 Å². The second-order valence-electron chi connectivity index (χ2n) is 4.76. The highest BCUT2D eigenvalue weighted by atomic mass is 32.2. The highest BCUT2D eigenvalue weighted by molar-refractivity contribution is 7.91. The van der Waals surface area contributed by atoms with Crippen LogP contribution in [0.1, 0.15) is 18.2 Å². The van der Waals surface area contributed by atoms with Gasteiger partial charge in [-0.25, -0.2) is 13.1 Å². The van der Waals surface area contributed by atoms with E-state index in [9.17, 15) is 13.2 Å². The Labute approximate surface area is 132 Å². The fourth-order valence-corrected chi connectivity index (χ4v) is 4.49. The molecule has 0 aliphatic heterocycles. The van der Waals surface area contributed by atoms with E-state index >= 15 is 0 Å². The van der Waals surface area contributed by atoms with Crippen LogP contribution in [0.2, 0.25) is 0 Å². The monoisotopic (exact) mass is 342 g/mol. The van der Waals surface area contributed by atoms with E-state index in [2.05, 4.69) is 9.71 Å². The molecule has 0 saturated heterocycles. The Morgan fingerprint density at radius 3 is 2.73 bits per heavy atom. The molecular weight excluding hydrogens is 324 g/mol. The van der Waals surface area contributed by atoms with Crippen molar-refractivity contribution in [1.29, 1.82) is 0 Å². The van der Waals surface area contributed by atoms with Gasteiger partial charge in [0.2, 0.25) is 10.0 Å². The first-order chi connectivity index (χ1) is 10.4.